The fourth-order valence-corrected chi connectivity index (χ4v) is 5.07. The predicted molar refractivity (Wildman–Crippen MR) is 127 cm³/mol. The highest BCUT2D eigenvalue weighted by Crippen LogP contribution is 2.45. The van der Waals surface area contributed by atoms with Crippen LogP contribution in [0, 0.1) is 0 Å². The van der Waals surface area contributed by atoms with E-state index in [1.807, 2.05) is 84.9 Å². The van der Waals surface area contributed by atoms with Gasteiger partial charge < -0.3 is 4.42 Å². The Bertz CT molecular complexity index is 1240. The molecule has 3 atom stereocenters. The monoisotopic (exact) mass is 454 g/mol. The van der Waals surface area contributed by atoms with Crippen molar-refractivity contribution >= 4 is 17.0 Å². The highest BCUT2D eigenvalue weighted by Gasteiger charge is 2.52. The summed E-state index contributed by atoms with van der Waals surface area (Å²) in [6, 6.07) is 29.5. The summed E-state index contributed by atoms with van der Waals surface area (Å²) in [5, 5.41) is 4.09. The van der Waals surface area contributed by atoms with Crippen molar-refractivity contribution in [2.45, 2.75) is 44.1 Å². The van der Waals surface area contributed by atoms with Gasteiger partial charge in [-0.15, -0.1) is 0 Å². The van der Waals surface area contributed by atoms with E-state index in [-0.39, 0.29) is 24.0 Å². The van der Waals surface area contributed by atoms with E-state index in [0.29, 0.717) is 13.2 Å². The van der Waals surface area contributed by atoms with E-state index < -0.39 is 0 Å². The summed E-state index contributed by atoms with van der Waals surface area (Å²) in [6.45, 7) is 0.642. The number of benzene rings is 3. The Morgan fingerprint density at radius 1 is 0.765 bits per heavy atom. The molecule has 6 nitrogen and oxygen atoms in total. The minimum Gasteiger partial charge on any atom is -0.461 e. The standard InChI is InChI=1S/C28H26N2O4/c31-28-29(32-18-20-9-3-1-4-10-20)23-16-24(27-15-22-13-7-8-14-26(22)34-27)25(17-23)30(28)33-19-21-11-5-2-6-12-21/h1-15,23-25H,16-19H2. The van der Waals surface area contributed by atoms with Gasteiger partial charge in [0.2, 0.25) is 0 Å². The number of furan rings is 1. The third kappa shape index (κ3) is 3.95. The Morgan fingerprint density at radius 2 is 1.38 bits per heavy atom. The van der Waals surface area contributed by atoms with Crippen LogP contribution < -0.4 is 0 Å². The maximum absolute atomic E-state index is 13.5. The first-order valence-electron chi connectivity index (χ1n) is 11.7. The molecule has 0 spiro atoms. The van der Waals surface area contributed by atoms with Crippen LogP contribution in [0.5, 0.6) is 0 Å². The number of hydroxylamine groups is 4. The molecule has 1 aromatic heterocycles. The number of carbonyl (C=O) groups excluding carboxylic acids is 1. The van der Waals surface area contributed by atoms with Crippen molar-refractivity contribution in [1.29, 1.82) is 0 Å². The molecule has 2 bridgehead atoms. The van der Waals surface area contributed by atoms with Crippen LogP contribution in [0.4, 0.5) is 4.79 Å². The summed E-state index contributed by atoms with van der Waals surface area (Å²) < 4.78 is 6.22. The van der Waals surface area contributed by atoms with Gasteiger partial charge in [-0.25, -0.2) is 4.79 Å². The first kappa shape index (κ1) is 21.0. The van der Waals surface area contributed by atoms with Gasteiger partial charge in [0.15, 0.2) is 0 Å². The molecule has 3 unspecified atom stereocenters. The molecule has 2 fully saturated rings. The molecule has 172 valence electrons. The molecule has 2 aliphatic rings. The number of hydrogen-bond acceptors (Lipinski definition) is 4. The molecule has 1 saturated carbocycles. The van der Waals surface area contributed by atoms with Gasteiger partial charge in [-0.3, -0.25) is 9.68 Å². The molecule has 6 heteroatoms. The SMILES string of the molecule is O=C1N(OCc2ccccc2)C2CC(c3cc4ccccc4o3)C(C2)N1OCc1ccccc1. The minimum absolute atomic E-state index is 0.0300. The van der Waals surface area contributed by atoms with Crippen LogP contribution in [0.25, 0.3) is 11.0 Å². The van der Waals surface area contributed by atoms with Crippen LogP contribution in [-0.2, 0) is 22.9 Å². The lowest BCUT2D eigenvalue weighted by molar-refractivity contribution is -0.230. The van der Waals surface area contributed by atoms with Gasteiger partial charge in [-0.2, -0.15) is 10.1 Å². The average molecular weight is 455 g/mol. The van der Waals surface area contributed by atoms with Crippen LogP contribution in [0.1, 0.15) is 35.6 Å². The summed E-state index contributed by atoms with van der Waals surface area (Å²) in [5.74, 6) is 0.919. The molecule has 2 heterocycles. The average Bonchev–Trinajstić information content (AvgIpc) is 3.48. The number of fused-ring (bicyclic) bond motifs is 3. The molecule has 3 aromatic carbocycles. The second-order valence-corrected chi connectivity index (χ2v) is 8.94. The Kier molecular flexibility index (Phi) is 5.53. The summed E-state index contributed by atoms with van der Waals surface area (Å²) in [7, 11) is 0. The lowest BCUT2D eigenvalue weighted by Gasteiger charge is -2.39. The zero-order valence-corrected chi connectivity index (χ0v) is 18.7. The fraction of sp³-hybridized carbons (Fsp3) is 0.250. The Morgan fingerprint density at radius 3 is 2.06 bits per heavy atom. The van der Waals surface area contributed by atoms with Gasteiger partial charge in [0, 0.05) is 11.3 Å². The van der Waals surface area contributed by atoms with Crippen LogP contribution >= 0.6 is 0 Å². The van der Waals surface area contributed by atoms with E-state index >= 15 is 0 Å². The maximum Gasteiger partial charge on any atom is 0.368 e. The van der Waals surface area contributed by atoms with Gasteiger partial charge >= 0.3 is 6.03 Å². The van der Waals surface area contributed by atoms with Gasteiger partial charge in [0.05, 0.1) is 12.1 Å². The largest absolute Gasteiger partial charge is 0.461 e. The van der Waals surface area contributed by atoms with E-state index in [0.717, 1.165) is 40.7 Å². The number of carbonyl (C=O) groups is 1. The Hall–Kier alpha value is -3.61. The van der Waals surface area contributed by atoms with E-state index in [4.69, 9.17) is 14.1 Å². The summed E-state index contributed by atoms with van der Waals surface area (Å²) in [4.78, 5) is 25.8. The van der Waals surface area contributed by atoms with Gasteiger partial charge in [0.1, 0.15) is 24.6 Å². The zero-order valence-electron chi connectivity index (χ0n) is 18.7. The molecule has 0 N–H and O–H groups in total. The van der Waals surface area contributed by atoms with Crippen molar-refractivity contribution in [2.75, 3.05) is 0 Å². The van der Waals surface area contributed by atoms with E-state index in [2.05, 4.69) is 6.07 Å². The molecule has 34 heavy (non-hydrogen) atoms. The summed E-state index contributed by atoms with van der Waals surface area (Å²) in [5.41, 5.74) is 2.88. The highest BCUT2D eigenvalue weighted by atomic mass is 16.7. The first-order chi connectivity index (χ1) is 16.8. The van der Waals surface area contributed by atoms with Crippen LogP contribution in [0.15, 0.2) is 95.4 Å². The normalized spacial score (nSPS) is 22.0. The molecule has 1 aliphatic heterocycles. The predicted octanol–water partition coefficient (Wildman–Crippen LogP) is 6.05. The Balaban J connectivity index is 1.27. The van der Waals surface area contributed by atoms with Gasteiger partial charge in [0.25, 0.3) is 0 Å². The lowest BCUT2D eigenvalue weighted by atomic mass is 10.00. The molecule has 6 rings (SSSR count). The molecule has 1 saturated heterocycles. The molecule has 0 radical (unpaired) electrons. The van der Waals surface area contributed by atoms with Crippen LogP contribution in [-0.4, -0.2) is 28.2 Å². The maximum atomic E-state index is 13.5. The van der Waals surface area contributed by atoms with Gasteiger partial charge in [-0.05, 0) is 36.1 Å². The number of amides is 2. The number of nitrogens with zero attached hydrogens (tertiary/aromatic N) is 2. The van der Waals surface area contributed by atoms with Crippen molar-refractivity contribution < 1.29 is 18.9 Å². The lowest BCUT2D eigenvalue weighted by Crippen LogP contribution is -2.54. The third-order valence-electron chi connectivity index (χ3n) is 6.75. The molecule has 1 aliphatic carbocycles. The number of urea groups is 1. The quantitative estimate of drug-likeness (QED) is 0.341. The second kappa shape index (κ2) is 8.97. The van der Waals surface area contributed by atoms with Crippen LogP contribution in [0.3, 0.4) is 0 Å². The number of rotatable bonds is 7. The van der Waals surface area contributed by atoms with E-state index in [1.54, 1.807) is 0 Å². The summed E-state index contributed by atoms with van der Waals surface area (Å²) in [6.07, 6.45) is 1.52. The molecule has 2 amide bonds. The second-order valence-electron chi connectivity index (χ2n) is 8.94. The van der Waals surface area contributed by atoms with E-state index in [1.165, 1.54) is 10.1 Å². The molecular formula is C28H26N2O4. The Labute approximate surface area is 198 Å². The number of hydrogen-bond donors (Lipinski definition) is 0. The molecule has 4 aromatic rings. The zero-order chi connectivity index (χ0) is 22.9. The first-order valence-corrected chi connectivity index (χ1v) is 11.7. The van der Waals surface area contributed by atoms with Crippen molar-refractivity contribution in [3.63, 3.8) is 0 Å². The third-order valence-corrected chi connectivity index (χ3v) is 6.75. The van der Waals surface area contributed by atoms with Crippen molar-refractivity contribution in [1.82, 2.24) is 10.1 Å². The van der Waals surface area contributed by atoms with E-state index in [9.17, 15) is 4.79 Å². The highest BCUT2D eigenvalue weighted by molar-refractivity contribution is 5.78. The molecular weight excluding hydrogens is 428 g/mol. The van der Waals surface area contributed by atoms with Crippen molar-refractivity contribution in [3.05, 3.63) is 108 Å². The van der Waals surface area contributed by atoms with Gasteiger partial charge in [-0.1, -0.05) is 78.9 Å². The number of para-hydroxylation sites is 1. The summed E-state index contributed by atoms with van der Waals surface area (Å²) >= 11 is 0. The van der Waals surface area contributed by atoms with Crippen molar-refractivity contribution in [3.8, 4) is 0 Å². The topological polar surface area (TPSA) is 55.2 Å². The smallest absolute Gasteiger partial charge is 0.368 e. The fourth-order valence-electron chi connectivity index (χ4n) is 5.07. The minimum atomic E-state index is -0.258. The van der Waals surface area contributed by atoms with Crippen molar-refractivity contribution in [2.24, 2.45) is 0 Å². The van der Waals surface area contributed by atoms with Crippen LogP contribution in [0.2, 0.25) is 0 Å².